The summed E-state index contributed by atoms with van der Waals surface area (Å²) < 4.78 is 0. The van der Waals surface area contributed by atoms with E-state index in [1.54, 1.807) is 0 Å². The van der Waals surface area contributed by atoms with Crippen LogP contribution >= 0.6 is 24.8 Å². The van der Waals surface area contributed by atoms with Gasteiger partial charge in [0.25, 0.3) is 0 Å². The van der Waals surface area contributed by atoms with Gasteiger partial charge in [0.2, 0.25) is 0 Å². The molecule has 17 heavy (non-hydrogen) atoms. The van der Waals surface area contributed by atoms with Crippen molar-refractivity contribution < 1.29 is 0 Å². The van der Waals surface area contributed by atoms with Crippen LogP contribution in [0.4, 0.5) is 0 Å². The van der Waals surface area contributed by atoms with Gasteiger partial charge in [-0.1, -0.05) is 6.92 Å². The summed E-state index contributed by atoms with van der Waals surface area (Å²) in [7, 11) is 0. The van der Waals surface area contributed by atoms with E-state index in [9.17, 15) is 0 Å². The molecule has 1 atom stereocenters. The molecule has 104 valence electrons. The Bertz CT molecular complexity index is 184. The number of nitrogens with zero attached hydrogens (tertiary/aromatic N) is 1. The lowest BCUT2D eigenvalue weighted by Gasteiger charge is -2.32. The van der Waals surface area contributed by atoms with Crippen LogP contribution in [0.2, 0.25) is 0 Å². The molecular weight excluding hydrogens is 255 g/mol. The molecule has 0 aliphatic carbocycles. The van der Waals surface area contributed by atoms with Gasteiger partial charge in [0.1, 0.15) is 0 Å². The van der Waals surface area contributed by atoms with Crippen LogP contribution in [-0.4, -0.2) is 37.6 Å². The van der Waals surface area contributed by atoms with Crippen molar-refractivity contribution in [2.75, 3.05) is 32.7 Å². The molecule has 0 saturated carbocycles. The predicted octanol–water partition coefficient (Wildman–Crippen LogP) is 2.95. The van der Waals surface area contributed by atoms with Crippen molar-refractivity contribution in [1.29, 1.82) is 0 Å². The summed E-state index contributed by atoms with van der Waals surface area (Å²) in [5.74, 6) is 1.94. The van der Waals surface area contributed by atoms with Gasteiger partial charge in [0.15, 0.2) is 0 Å². The van der Waals surface area contributed by atoms with E-state index in [4.69, 9.17) is 0 Å². The van der Waals surface area contributed by atoms with Gasteiger partial charge in [-0.25, -0.2) is 0 Å². The van der Waals surface area contributed by atoms with E-state index in [2.05, 4.69) is 17.1 Å². The van der Waals surface area contributed by atoms with E-state index in [1.807, 2.05) is 0 Å². The second-order valence-corrected chi connectivity index (χ2v) is 5.53. The summed E-state index contributed by atoms with van der Waals surface area (Å²) in [4.78, 5) is 2.69. The molecule has 0 aromatic rings. The largest absolute Gasteiger partial charge is 0.317 e. The van der Waals surface area contributed by atoms with Crippen LogP contribution in [0, 0.1) is 11.8 Å². The molecule has 0 aromatic carbocycles. The Kier molecular flexibility index (Phi) is 9.71. The van der Waals surface area contributed by atoms with Crippen molar-refractivity contribution in [3.8, 4) is 0 Å². The molecule has 1 unspecified atom stereocenters. The van der Waals surface area contributed by atoms with E-state index >= 15 is 0 Å². The Labute approximate surface area is 119 Å². The van der Waals surface area contributed by atoms with Crippen LogP contribution < -0.4 is 5.32 Å². The lowest BCUT2D eigenvalue weighted by atomic mass is 9.93. The molecule has 2 rings (SSSR count). The van der Waals surface area contributed by atoms with Crippen LogP contribution in [0.5, 0.6) is 0 Å². The maximum atomic E-state index is 3.45. The number of rotatable bonds is 3. The molecule has 2 saturated heterocycles. The molecule has 2 nitrogen and oxygen atoms in total. The zero-order valence-electron chi connectivity index (χ0n) is 11.0. The van der Waals surface area contributed by atoms with Gasteiger partial charge in [0, 0.05) is 6.54 Å². The Morgan fingerprint density at radius 2 is 1.82 bits per heavy atom. The van der Waals surface area contributed by atoms with Gasteiger partial charge >= 0.3 is 0 Å². The minimum atomic E-state index is 0. The quantitative estimate of drug-likeness (QED) is 0.856. The fourth-order valence-electron chi connectivity index (χ4n) is 3.03. The first-order chi connectivity index (χ1) is 7.34. The van der Waals surface area contributed by atoms with E-state index < -0.39 is 0 Å². The van der Waals surface area contributed by atoms with Gasteiger partial charge in [0.05, 0.1) is 0 Å². The topological polar surface area (TPSA) is 15.3 Å². The zero-order chi connectivity index (χ0) is 10.5. The van der Waals surface area contributed by atoms with Gasteiger partial charge in [-0.05, 0) is 70.1 Å². The lowest BCUT2D eigenvalue weighted by Crippen LogP contribution is -2.36. The monoisotopic (exact) mass is 282 g/mol. The summed E-state index contributed by atoms with van der Waals surface area (Å²) in [6.07, 6.45) is 7.12. The highest BCUT2D eigenvalue weighted by Gasteiger charge is 2.18. The third kappa shape index (κ3) is 6.28. The van der Waals surface area contributed by atoms with Gasteiger partial charge in [-0.2, -0.15) is 0 Å². The first-order valence-electron chi connectivity index (χ1n) is 6.77. The molecule has 4 heteroatoms. The molecular formula is C13H28Cl2N2. The average Bonchev–Trinajstić information content (AvgIpc) is 2.28. The molecule has 1 N–H and O–H groups in total. The molecule has 2 heterocycles. The minimum Gasteiger partial charge on any atom is -0.317 e. The number of likely N-dealkylation sites (tertiary alicyclic amines) is 1. The predicted molar refractivity (Wildman–Crippen MR) is 79.5 cm³/mol. The molecule has 0 amide bonds. The van der Waals surface area contributed by atoms with E-state index in [0.717, 1.165) is 11.8 Å². The third-order valence-corrected chi connectivity index (χ3v) is 4.05. The summed E-state index contributed by atoms with van der Waals surface area (Å²) in [6.45, 7) is 8.97. The Morgan fingerprint density at radius 3 is 2.47 bits per heavy atom. The van der Waals surface area contributed by atoms with E-state index in [1.165, 1.54) is 64.8 Å². The number of piperidine rings is 2. The second kappa shape index (κ2) is 9.43. The van der Waals surface area contributed by atoms with E-state index in [0.29, 0.717) is 0 Å². The molecule has 2 aliphatic heterocycles. The van der Waals surface area contributed by atoms with E-state index in [-0.39, 0.29) is 24.8 Å². The lowest BCUT2D eigenvalue weighted by molar-refractivity contribution is 0.167. The average molecular weight is 283 g/mol. The maximum Gasteiger partial charge on any atom is 0.000703 e. The van der Waals surface area contributed by atoms with Crippen LogP contribution in [-0.2, 0) is 0 Å². The normalized spacial score (nSPS) is 27.0. The first kappa shape index (κ1) is 17.5. The summed E-state index contributed by atoms with van der Waals surface area (Å²) in [5.41, 5.74) is 0. The van der Waals surface area contributed by atoms with Crippen LogP contribution in [0.15, 0.2) is 0 Å². The Balaban J connectivity index is 0.00000128. The van der Waals surface area contributed by atoms with Crippen LogP contribution in [0.25, 0.3) is 0 Å². The second-order valence-electron chi connectivity index (χ2n) is 5.53. The van der Waals surface area contributed by atoms with Gasteiger partial charge < -0.3 is 10.2 Å². The fourth-order valence-corrected chi connectivity index (χ4v) is 3.03. The van der Waals surface area contributed by atoms with Crippen molar-refractivity contribution in [2.45, 2.75) is 39.0 Å². The zero-order valence-corrected chi connectivity index (χ0v) is 12.6. The van der Waals surface area contributed by atoms with Crippen molar-refractivity contribution in [3.63, 3.8) is 0 Å². The first-order valence-corrected chi connectivity index (χ1v) is 6.77. The Morgan fingerprint density at radius 1 is 1.12 bits per heavy atom. The molecule has 0 radical (unpaired) electrons. The fraction of sp³-hybridized carbons (Fsp3) is 1.00. The smallest absolute Gasteiger partial charge is 0.000703 e. The SMILES string of the molecule is CC1CCCN(CCC2CCNCC2)C1.Cl.Cl. The number of hydrogen-bond donors (Lipinski definition) is 1. The van der Waals surface area contributed by atoms with Crippen LogP contribution in [0.3, 0.4) is 0 Å². The standard InChI is InChI=1S/C13H26N2.2ClH/c1-12-3-2-9-15(11-12)10-6-13-4-7-14-8-5-13;;/h12-14H,2-11H2,1H3;2*1H. The number of nitrogens with one attached hydrogen (secondary N) is 1. The van der Waals surface area contributed by atoms with Crippen LogP contribution in [0.1, 0.15) is 39.0 Å². The highest BCUT2D eigenvalue weighted by Crippen LogP contribution is 2.19. The van der Waals surface area contributed by atoms with Crippen molar-refractivity contribution in [3.05, 3.63) is 0 Å². The Hall–Kier alpha value is 0.500. The summed E-state index contributed by atoms with van der Waals surface area (Å²) in [6, 6.07) is 0. The maximum absolute atomic E-state index is 3.45. The minimum absolute atomic E-state index is 0. The highest BCUT2D eigenvalue weighted by molar-refractivity contribution is 5.85. The van der Waals surface area contributed by atoms with Crippen molar-refractivity contribution in [1.82, 2.24) is 10.2 Å². The summed E-state index contributed by atoms with van der Waals surface area (Å²) >= 11 is 0. The molecule has 2 aliphatic rings. The van der Waals surface area contributed by atoms with Gasteiger partial charge in [-0.15, -0.1) is 24.8 Å². The highest BCUT2D eigenvalue weighted by atomic mass is 35.5. The molecule has 2 fully saturated rings. The van der Waals surface area contributed by atoms with Crippen molar-refractivity contribution >= 4 is 24.8 Å². The molecule has 0 aromatic heterocycles. The third-order valence-electron chi connectivity index (χ3n) is 4.05. The number of hydrogen-bond acceptors (Lipinski definition) is 2. The summed E-state index contributed by atoms with van der Waals surface area (Å²) in [5, 5.41) is 3.45. The molecule has 0 bridgehead atoms. The number of halogens is 2. The van der Waals surface area contributed by atoms with Crippen molar-refractivity contribution in [2.24, 2.45) is 11.8 Å². The molecule has 0 spiro atoms. The van der Waals surface area contributed by atoms with Gasteiger partial charge in [-0.3, -0.25) is 0 Å².